The summed E-state index contributed by atoms with van der Waals surface area (Å²) in [5, 5.41) is 13.9. The summed E-state index contributed by atoms with van der Waals surface area (Å²) in [5.41, 5.74) is 2.16. The lowest BCUT2D eigenvalue weighted by atomic mass is 9.83. The highest BCUT2D eigenvalue weighted by atomic mass is 32.1. The highest BCUT2D eigenvalue weighted by Gasteiger charge is 2.30. The zero-order chi connectivity index (χ0) is 13.5. The normalized spacial score (nSPS) is 19.9. The van der Waals surface area contributed by atoms with Gasteiger partial charge in [0.25, 0.3) is 0 Å². The van der Waals surface area contributed by atoms with E-state index in [4.69, 9.17) is 4.42 Å². The third-order valence-electron chi connectivity index (χ3n) is 4.22. The van der Waals surface area contributed by atoms with Gasteiger partial charge in [-0.3, -0.25) is 0 Å². The van der Waals surface area contributed by atoms with Crippen molar-refractivity contribution in [3.05, 3.63) is 58.0 Å². The first-order valence-electron chi connectivity index (χ1n) is 7.06. The summed E-state index contributed by atoms with van der Waals surface area (Å²) in [4.78, 5) is 1.43. The molecule has 0 fully saturated rings. The van der Waals surface area contributed by atoms with Gasteiger partial charge in [0.2, 0.25) is 0 Å². The molecule has 1 aliphatic rings. The molecule has 20 heavy (non-hydrogen) atoms. The van der Waals surface area contributed by atoms with Crippen LogP contribution in [0.4, 0.5) is 0 Å². The van der Waals surface area contributed by atoms with E-state index in [0.717, 1.165) is 30.2 Å². The highest BCUT2D eigenvalue weighted by molar-refractivity contribution is 7.10. The Morgan fingerprint density at radius 3 is 3.05 bits per heavy atom. The summed E-state index contributed by atoms with van der Waals surface area (Å²) in [6.45, 7) is 0. The van der Waals surface area contributed by atoms with Gasteiger partial charge in [-0.25, -0.2) is 0 Å². The molecule has 1 aromatic carbocycles. The van der Waals surface area contributed by atoms with Crippen LogP contribution in [0.25, 0.3) is 11.0 Å². The van der Waals surface area contributed by atoms with E-state index in [0.29, 0.717) is 5.76 Å². The molecule has 0 saturated heterocycles. The maximum atomic E-state index is 10.7. The first kappa shape index (κ1) is 12.2. The number of furan rings is 1. The van der Waals surface area contributed by atoms with Crippen molar-refractivity contribution < 1.29 is 9.52 Å². The Hall–Kier alpha value is -1.58. The van der Waals surface area contributed by atoms with E-state index in [9.17, 15) is 5.11 Å². The van der Waals surface area contributed by atoms with Crippen LogP contribution in [0, 0.1) is 0 Å². The minimum absolute atomic E-state index is 0.172. The van der Waals surface area contributed by atoms with Crippen molar-refractivity contribution in [2.45, 2.75) is 31.3 Å². The molecule has 1 aliphatic carbocycles. The molecule has 1 N–H and O–H groups in total. The Morgan fingerprint density at radius 1 is 1.25 bits per heavy atom. The van der Waals surface area contributed by atoms with E-state index in [1.807, 2.05) is 30.3 Å². The summed E-state index contributed by atoms with van der Waals surface area (Å²) < 4.78 is 5.83. The third-order valence-corrected chi connectivity index (χ3v) is 5.21. The van der Waals surface area contributed by atoms with Gasteiger partial charge < -0.3 is 9.52 Å². The van der Waals surface area contributed by atoms with Crippen molar-refractivity contribution in [2.75, 3.05) is 0 Å². The van der Waals surface area contributed by atoms with Crippen LogP contribution in [0.2, 0.25) is 0 Å². The van der Waals surface area contributed by atoms with Gasteiger partial charge in [-0.05, 0) is 48.4 Å². The maximum Gasteiger partial charge on any atom is 0.134 e. The van der Waals surface area contributed by atoms with Crippen LogP contribution in [-0.2, 0) is 6.42 Å². The largest absolute Gasteiger partial charge is 0.458 e. The summed E-state index contributed by atoms with van der Waals surface area (Å²) in [7, 11) is 0. The molecule has 2 heterocycles. The Balaban J connectivity index is 1.72. The molecule has 2 aromatic heterocycles. The number of fused-ring (bicyclic) bond motifs is 2. The molecule has 3 aromatic rings. The molecule has 3 heteroatoms. The topological polar surface area (TPSA) is 33.4 Å². The molecule has 2 nitrogen and oxygen atoms in total. The highest BCUT2D eigenvalue weighted by Crippen LogP contribution is 2.43. The molecule has 2 unspecified atom stereocenters. The predicted molar refractivity (Wildman–Crippen MR) is 81.2 cm³/mol. The van der Waals surface area contributed by atoms with Crippen LogP contribution in [0.1, 0.15) is 41.1 Å². The number of aryl methyl sites for hydroxylation is 1. The van der Waals surface area contributed by atoms with Gasteiger partial charge in [-0.15, -0.1) is 11.3 Å². The van der Waals surface area contributed by atoms with Crippen LogP contribution in [-0.4, -0.2) is 5.11 Å². The molecule has 2 atom stereocenters. The van der Waals surface area contributed by atoms with Gasteiger partial charge in [0, 0.05) is 16.2 Å². The van der Waals surface area contributed by atoms with Crippen LogP contribution >= 0.6 is 11.3 Å². The zero-order valence-electron chi connectivity index (χ0n) is 11.1. The molecule has 0 spiro atoms. The van der Waals surface area contributed by atoms with Gasteiger partial charge in [0.05, 0.1) is 0 Å². The van der Waals surface area contributed by atoms with Crippen LogP contribution in [0.3, 0.4) is 0 Å². The SMILES string of the molecule is OC(c1cc2ccccc2o1)C1CCCc2sccc21. The number of hydrogen-bond acceptors (Lipinski definition) is 3. The molecule has 0 amide bonds. The predicted octanol–water partition coefficient (Wildman–Crippen LogP) is 4.65. The first-order chi connectivity index (χ1) is 9.83. The minimum Gasteiger partial charge on any atom is -0.458 e. The molecular formula is C17H16O2S. The number of thiophene rings is 1. The van der Waals surface area contributed by atoms with Gasteiger partial charge in [-0.2, -0.15) is 0 Å². The summed E-state index contributed by atoms with van der Waals surface area (Å²) >= 11 is 1.81. The number of rotatable bonds is 2. The average Bonchev–Trinajstić information content (AvgIpc) is 3.12. The Bertz CT molecular complexity index is 707. The van der Waals surface area contributed by atoms with E-state index < -0.39 is 6.10 Å². The smallest absolute Gasteiger partial charge is 0.134 e. The Kier molecular flexibility index (Phi) is 2.90. The first-order valence-corrected chi connectivity index (χ1v) is 7.94. The second-order valence-corrected chi connectivity index (χ2v) is 6.43. The quantitative estimate of drug-likeness (QED) is 0.743. The van der Waals surface area contributed by atoms with Gasteiger partial charge in [-0.1, -0.05) is 18.2 Å². The molecule has 0 saturated carbocycles. The number of aliphatic hydroxyl groups excluding tert-OH is 1. The lowest BCUT2D eigenvalue weighted by Crippen LogP contribution is -2.15. The summed E-state index contributed by atoms with van der Waals surface area (Å²) in [6, 6.07) is 12.1. The van der Waals surface area contributed by atoms with Crippen molar-refractivity contribution in [3.63, 3.8) is 0 Å². The second-order valence-electron chi connectivity index (χ2n) is 5.43. The fourth-order valence-electron chi connectivity index (χ4n) is 3.20. The van der Waals surface area contributed by atoms with Crippen LogP contribution in [0.5, 0.6) is 0 Å². The average molecular weight is 284 g/mol. The number of hydrogen-bond donors (Lipinski definition) is 1. The zero-order valence-corrected chi connectivity index (χ0v) is 11.9. The Morgan fingerprint density at radius 2 is 2.15 bits per heavy atom. The van der Waals surface area contributed by atoms with Gasteiger partial charge >= 0.3 is 0 Å². The fraction of sp³-hybridized carbons (Fsp3) is 0.294. The maximum absolute atomic E-state index is 10.7. The monoisotopic (exact) mass is 284 g/mol. The lowest BCUT2D eigenvalue weighted by Gasteiger charge is -2.26. The van der Waals surface area contributed by atoms with Crippen molar-refractivity contribution in [1.82, 2.24) is 0 Å². The number of benzene rings is 1. The lowest BCUT2D eigenvalue weighted by molar-refractivity contribution is 0.114. The standard InChI is InChI=1S/C17H16O2S/c18-17(13-5-3-7-16-12(13)8-9-20-16)15-10-11-4-1-2-6-14(11)19-15/h1-2,4,6,8-10,13,17-18H,3,5,7H2. The van der Waals surface area contributed by atoms with Crippen molar-refractivity contribution in [3.8, 4) is 0 Å². The molecular weight excluding hydrogens is 268 g/mol. The van der Waals surface area contributed by atoms with Crippen molar-refractivity contribution in [2.24, 2.45) is 0 Å². The van der Waals surface area contributed by atoms with E-state index in [1.54, 1.807) is 11.3 Å². The number of aliphatic hydroxyl groups is 1. The van der Waals surface area contributed by atoms with Crippen molar-refractivity contribution in [1.29, 1.82) is 0 Å². The summed E-state index contributed by atoms with van der Waals surface area (Å²) in [5.74, 6) is 0.862. The van der Waals surface area contributed by atoms with E-state index in [2.05, 4.69) is 11.4 Å². The van der Waals surface area contributed by atoms with Crippen LogP contribution in [0.15, 0.2) is 46.2 Å². The molecule has 102 valence electrons. The van der Waals surface area contributed by atoms with E-state index >= 15 is 0 Å². The van der Waals surface area contributed by atoms with Gasteiger partial charge in [0.15, 0.2) is 0 Å². The molecule has 4 rings (SSSR count). The third kappa shape index (κ3) is 1.89. The molecule has 0 radical (unpaired) electrons. The molecule has 0 bridgehead atoms. The van der Waals surface area contributed by atoms with Crippen molar-refractivity contribution >= 4 is 22.3 Å². The fourth-order valence-corrected chi connectivity index (χ4v) is 4.19. The van der Waals surface area contributed by atoms with Crippen LogP contribution < -0.4 is 0 Å². The molecule has 0 aliphatic heterocycles. The minimum atomic E-state index is -0.545. The second kappa shape index (κ2) is 4.76. The number of para-hydroxylation sites is 1. The summed E-state index contributed by atoms with van der Waals surface area (Å²) in [6.07, 6.45) is 2.78. The van der Waals surface area contributed by atoms with E-state index in [1.165, 1.54) is 10.4 Å². The van der Waals surface area contributed by atoms with Gasteiger partial charge in [0.1, 0.15) is 17.4 Å². The Labute approximate surface area is 121 Å². The van der Waals surface area contributed by atoms with E-state index in [-0.39, 0.29) is 5.92 Å².